The summed E-state index contributed by atoms with van der Waals surface area (Å²) in [6.45, 7) is 16.0. The minimum atomic E-state index is -0.740. The van der Waals surface area contributed by atoms with E-state index < -0.39 is 24.3 Å². The number of carbonyl (C=O) groups is 4. The van der Waals surface area contributed by atoms with Gasteiger partial charge in [-0.05, 0) is 83.7 Å². The number of alkyl carbamates (subject to hydrolysis) is 2. The van der Waals surface area contributed by atoms with Crippen molar-refractivity contribution in [2.75, 3.05) is 53.7 Å². The van der Waals surface area contributed by atoms with E-state index in [2.05, 4.69) is 84.0 Å². The number of hydrogen-bond acceptors (Lipinski definition) is 10. The molecule has 2 fully saturated rings. The first kappa shape index (κ1) is 49.3. The van der Waals surface area contributed by atoms with E-state index in [-0.39, 0.29) is 47.6 Å². The molecule has 2 aromatic carbocycles. The zero-order valence-corrected chi connectivity index (χ0v) is 39.6. The minimum Gasteiger partial charge on any atom is -0.453 e. The molecule has 66 heavy (non-hydrogen) atoms. The van der Waals surface area contributed by atoms with E-state index in [1.165, 1.54) is 14.2 Å². The summed E-state index contributed by atoms with van der Waals surface area (Å²) in [4.78, 5) is 72.6. The van der Waals surface area contributed by atoms with E-state index in [1.54, 1.807) is 22.2 Å². The Labute approximate surface area is 388 Å². The second kappa shape index (κ2) is 22.3. The average molecular weight is 907 g/mol. The fourth-order valence-electron chi connectivity index (χ4n) is 8.35. The van der Waals surface area contributed by atoms with Crippen LogP contribution in [0.5, 0.6) is 0 Å². The zero-order valence-electron chi connectivity index (χ0n) is 39.6. The van der Waals surface area contributed by atoms with Gasteiger partial charge in [-0.3, -0.25) is 9.59 Å². The summed E-state index contributed by atoms with van der Waals surface area (Å²) in [5.41, 5.74) is 4.73. The van der Waals surface area contributed by atoms with E-state index in [0.29, 0.717) is 76.8 Å². The van der Waals surface area contributed by atoms with Gasteiger partial charge in [0.25, 0.3) is 0 Å². The van der Waals surface area contributed by atoms with Gasteiger partial charge in [0.15, 0.2) is 0 Å². The fourth-order valence-corrected chi connectivity index (χ4v) is 8.35. The highest BCUT2D eigenvalue weighted by molar-refractivity contribution is 5.87. The van der Waals surface area contributed by atoms with Crippen LogP contribution in [0.4, 0.5) is 9.59 Å². The van der Waals surface area contributed by atoms with Crippen LogP contribution in [0, 0.1) is 34.5 Å². The van der Waals surface area contributed by atoms with Crippen molar-refractivity contribution in [1.29, 1.82) is 0 Å². The number of H-pyrrole nitrogens is 2. The van der Waals surface area contributed by atoms with Crippen molar-refractivity contribution in [3.63, 3.8) is 0 Å². The largest absolute Gasteiger partial charge is 0.453 e. The normalized spacial score (nSPS) is 15.7. The first-order chi connectivity index (χ1) is 31.5. The lowest BCUT2D eigenvalue weighted by atomic mass is 9.89. The second-order valence-corrected chi connectivity index (χ2v) is 19.5. The monoisotopic (exact) mass is 907 g/mol. The van der Waals surface area contributed by atoms with Crippen molar-refractivity contribution >= 4 is 24.0 Å². The first-order valence-corrected chi connectivity index (χ1v) is 22.7. The maximum Gasteiger partial charge on any atom is 0.407 e. The highest BCUT2D eigenvalue weighted by Gasteiger charge is 2.38. The third-order valence-electron chi connectivity index (χ3n) is 11.6. The first-order valence-electron chi connectivity index (χ1n) is 22.7. The molecule has 4 heterocycles. The van der Waals surface area contributed by atoms with Gasteiger partial charge in [-0.25, -0.2) is 19.6 Å². The van der Waals surface area contributed by atoms with Crippen LogP contribution >= 0.6 is 0 Å². The van der Waals surface area contributed by atoms with Gasteiger partial charge in [0.1, 0.15) is 23.7 Å². The predicted octanol–water partition coefficient (Wildman–Crippen LogP) is 6.92. The number of aromatic nitrogens is 4. The quantitative estimate of drug-likeness (QED) is 0.0966. The number of methoxy groups -OCH3 is 2. The predicted molar refractivity (Wildman–Crippen MR) is 250 cm³/mol. The van der Waals surface area contributed by atoms with Crippen LogP contribution < -0.4 is 10.6 Å². The molecule has 2 aliphatic rings. The van der Waals surface area contributed by atoms with Gasteiger partial charge >= 0.3 is 12.2 Å². The molecule has 2 aromatic heterocycles. The number of carbonyl (C=O) groups excluding carboxylic acids is 4. The number of amides is 4. The lowest BCUT2D eigenvalue weighted by molar-refractivity contribution is -0.138. The Morgan fingerprint density at radius 2 is 0.985 bits per heavy atom. The molecule has 2 aliphatic heterocycles. The number of nitrogens with zero attached hydrogens (tertiary/aromatic N) is 4. The van der Waals surface area contributed by atoms with Crippen LogP contribution in [-0.4, -0.2) is 120 Å². The van der Waals surface area contributed by atoms with Crippen LogP contribution in [-0.2, 0) is 41.6 Å². The standard InChI is InChI=1S/C50H66N8O8/c1-49(2,3)31-57(45(59)43(55-47(61)63-7)37-19-23-65-24-20-37)29-41-51-27-39(53-41)35-15-11-33(12-16-35)9-10-34-13-17-36(18-14-34)40-28-52-42(54-40)30-58(32-50(4,5)6)46(60)44(56-48(62)64-8)38-21-25-66-26-22-38/h11-18,27-28,37-38,43-44H,19-26,29-32H2,1-8H3,(H,51,53)(H,52,54)(H,55,61)(H,56,62). The number of ether oxygens (including phenoxy) is 4. The van der Waals surface area contributed by atoms with Crippen molar-refractivity contribution in [2.24, 2.45) is 22.7 Å². The third kappa shape index (κ3) is 14.2. The molecule has 4 N–H and O–H groups in total. The van der Waals surface area contributed by atoms with Crippen molar-refractivity contribution in [2.45, 2.75) is 92.4 Å². The maximum atomic E-state index is 14.1. The minimum absolute atomic E-state index is 0.0690. The molecule has 2 unspecified atom stereocenters. The molecule has 0 radical (unpaired) electrons. The van der Waals surface area contributed by atoms with Gasteiger partial charge in [0.05, 0.1) is 51.1 Å². The van der Waals surface area contributed by atoms with Gasteiger partial charge < -0.3 is 49.3 Å². The van der Waals surface area contributed by atoms with Crippen LogP contribution in [0.25, 0.3) is 22.5 Å². The summed E-state index contributed by atoms with van der Waals surface area (Å²) in [6.07, 6.45) is 4.91. The average Bonchev–Trinajstić information content (AvgIpc) is 3.98. The smallest absolute Gasteiger partial charge is 0.407 e. The van der Waals surface area contributed by atoms with E-state index in [1.807, 2.05) is 48.5 Å². The van der Waals surface area contributed by atoms with Crippen molar-refractivity contribution in [3.8, 4) is 34.4 Å². The van der Waals surface area contributed by atoms with E-state index >= 15 is 0 Å². The highest BCUT2D eigenvalue weighted by atomic mass is 16.5. The Morgan fingerprint density at radius 3 is 1.30 bits per heavy atom. The van der Waals surface area contributed by atoms with Gasteiger partial charge in [-0.15, -0.1) is 0 Å². The molecule has 0 aliphatic carbocycles. The molecule has 6 rings (SSSR count). The summed E-state index contributed by atoms with van der Waals surface area (Å²) in [5.74, 6) is 7.29. The van der Waals surface area contributed by atoms with Gasteiger partial charge in [-0.1, -0.05) is 77.6 Å². The molecule has 0 bridgehead atoms. The van der Waals surface area contributed by atoms with E-state index in [9.17, 15) is 19.2 Å². The van der Waals surface area contributed by atoms with Crippen molar-refractivity contribution in [1.82, 2.24) is 40.4 Å². The number of benzene rings is 2. The van der Waals surface area contributed by atoms with Crippen LogP contribution in [0.1, 0.15) is 90.0 Å². The zero-order chi connectivity index (χ0) is 47.4. The Hall–Kier alpha value is -6.18. The van der Waals surface area contributed by atoms with Gasteiger partial charge in [0.2, 0.25) is 11.8 Å². The third-order valence-corrected chi connectivity index (χ3v) is 11.6. The maximum absolute atomic E-state index is 14.1. The number of imidazole rings is 2. The fraction of sp³-hybridized carbons (Fsp3) is 0.520. The van der Waals surface area contributed by atoms with Gasteiger partial charge in [0, 0.05) is 50.6 Å². The molecular weight excluding hydrogens is 841 g/mol. The number of hydrogen-bond donors (Lipinski definition) is 4. The molecule has 16 heteroatoms. The molecular formula is C50H66N8O8. The van der Waals surface area contributed by atoms with Crippen LogP contribution in [0.15, 0.2) is 60.9 Å². The Kier molecular flexibility index (Phi) is 16.7. The summed E-state index contributed by atoms with van der Waals surface area (Å²) in [5, 5.41) is 5.61. The number of aromatic amines is 2. The second-order valence-electron chi connectivity index (χ2n) is 19.5. The number of rotatable bonds is 14. The summed E-state index contributed by atoms with van der Waals surface area (Å²) >= 11 is 0. The summed E-state index contributed by atoms with van der Waals surface area (Å²) in [6, 6.07) is 14.3. The topological polar surface area (TPSA) is 193 Å². The Bertz CT molecular complexity index is 2140. The SMILES string of the molecule is COC(=O)NC(C(=O)N(Cc1ncc(-c2ccc(C#Cc3ccc(-c4cnc(CN(CC(C)(C)C)C(=O)C(NC(=O)OC)C5CCOCC5)[nH]4)cc3)cc2)[nH]1)CC(C)(C)C)C1CCOCC1. The van der Waals surface area contributed by atoms with E-state index in [0.717, 1.165) is 33.6 Å². The Balaban J connectivity index is 1.09. The molecule has 0 saturated carbocycles. The summed E-state index contributed by atoms with van der Waals surface area (Å²) in [7, 11) is 2.59. The molecule has 0 spiro atoms. The highest BCUT2D eigenvalue weighted by Crippen LogP contribution is 2.27. The lowest BCUT2D eigenvalue weighted by Crippen LogP contribution is -2.54. The molecule has 354 valence electrons. The molecule has 4 amide bonds. The molecule has 2 atom stereocenters. The number of nitrogens with one attached hydrogen (secondary N) is 4. The molecule has 4 aromatic rings. The van der Waals surface area contributed by atoms with Crippen LogP contribution in [0.2, 0.25) is 0 Å². The van der Waals surface area contributed by atoms with Crippen LogP contribution in [0.3, 0.4) is 0 Å². The molecule has 2 saturated heterocycles. The van der Waals surface area contributed by atoms with Crippen molar-refractivity contribution < 1.29 is 38.1 Å². The van der Waals surface area contributed by atoms with E-state index in [4.69, 9.17) is 18.9 Å². The lowest BCUT2D eigenvalue weighted by Gasteiger charge is -2.36. The Morgan fingerprint density at radius 1 is 0.636 bits per heavy atom. The summed E-state index contributed by atoms with van der Waals surface area (Å²) < 4.78 is 20.8. The van der Waals surface area contributed by atoms with Gasteiger partial charge in [-0.2, -0.15) is 0 Å². The van der Waals surface area contributed by atoms with Crippen molar-refractivity contribution in [3.05, 3.63) is 83.7 Å². The molecule has 16 nitrogen and oxygen atoms in total.